The molecule has 6 rings (SSSR count). The van der Waals surface area contributed by atoms with E-state index in [1.807, 2.05) is 30.3 Å². The van der Waals surface area contributed by atoms with E-state index in [2.05, 4.69) is 25.1 Å². The van der Waals surface area contributed by atoms with Gasteiger partial charge in [-0.3, -0.25) is 4.79 Å². The number of amides is 1. The molecule has 0 radical (unpaired) electrons. The number of anilines is 3. The smallest absolute Gasteiger partial charge is 0.316 e. The number of carbonyl (C=O) groups is 1. The van der Waals surface area contributed by atoms with Gasteiger partial charge in [0.1, 0.15) is 5.67 Å². The number of likely N-dealkylation sites (tertiary alicyclic amines) is 1. The first-order valence-corrected chi connectivity index (χ1v) is 11.6. The highest BCUT2D eigenvalue weighted by molar-refractivity contribution is 5.90. The molecule has 3 fully saturated rings. The van der Waals surface area contributed by atoms with Gasteiger partial charge in [-0.25, -0.2) is 4.39 Å². The Balaban J connectivity index is 1.13. The van der Waals surface area contributed by atoms with E-state index < -0.39 is 11.6 Å². The minimum Gasteiger partial charge on any atom is -0.381 e. The van der Waals surface area contributed by atoms with Crippen molar-refractivity contribution in [2.45, 2.75) is 18.5 Å². The molecule has 2 aromatic heterocycles. The summed E-state index contributed by atoms with van der Waals surface area (Å²) < 4.78 is 26.0. The molecule has 2 N–H and O–H groups in total. The van der Waals surface area contributed by atoms with Gasteiger partial charge in [0.15, 0.2) is 0 Å². The first kappa shape index (κ1) is 21.8. The van der Waals surface area contributed by atoms with Crippen LogP contribution in [0, 0.1) is 17.8 Å². The normalized spacial score (nSPS) is 24.9. The van der Waals surface area contributed by atoms with E-state index in [0.29, 0.717) is 25.7 Å². The van der Waals surface area contributed by atoms with E-state index in [-0.39, 0.29) is 47.8 Å². The second kappa shape index (κ2) is 8.22. The highest BCUT2D eigenvalue weighted by Crippen LogP contribution is 2.58. The summed E-state index contributed by atoms with van der Waals surface area (Å²) in [5.74, 6) is -0.178. The molecule has 182 valence electrons. The Hall–Kier alpha value is -3.67. The minimum atomic E-state index is -1.40. The Morgan fingerprint density at radius 3 is 2.71 bits per heavy atom. The zero-order chi connectivity index (χ0) is 24.2. The number of nitrogens with zero attached hydrogens (tertiary/aromatic N) is 7. The lowest BCUT2D eigenvalue weighted by Gasteiger charge is -2.18. The van der Waals surface area contributed by atoms with Crippen LogP contribution in [0.4, 0.5) is 22.0 Å². The maximum atomic E-state index is 15.2. The SMILES string of the molecule is CN(c1ccccc1)c1nc(N)nc(-c2noc(C(=O)N3C[C@H]4[C@H](COCC5CC5)[C@@]4(F)C3)n2)n1. The van der Waals surface area contributed by atoms with Crippen LogP contribution in [-0.2, 0) is 4.74 Å². The standard InChI is InChI=1S/C23H25FN8O3/c1-31(14-5-3-2-4-6-14)22-28-17(27-21(25)29-22)18-26-19(35-30-18)20(33)32-9-15-16(23(15,24)12-32)11-34-10-13-7-8-13/h2-6,13,15-16H,7-12H2,1H3,(H2,25,27,28,29)/t15-,16-,23+/m0/s1. The highest BCUT2D eigenvalue weighted by Gasteiger charge is 2.71. The molecule has 1 saturated heterocycles. The maximum Gasteiger partial charge on any atom is 0.316 e. The van der Waals surface area contributed by atoms with Gasteiger partial charge in [-0.15, -0.1) is 0 Å². The van der Waals surface area contributed by atoms with Crippen LogP contribution in [0.1, 0.15) is 23.5 Å². The minimum absolute atomic E-state index is 0.00358. The van der Waals surface area contributed by atoms with Crippen molar-refractivity contribution in [2.24, 2.45) is 17.8 Å². The van der Waals surface area contributed by atoms with Crippen molar-refractivity contribution in [2.75, 3.05) is 44.0 Å². The van der Waals surface area contributed by atoms with Gasteiger partial charge in [-0.05, 0) is 30.9 Å². The molecule has 2 aliphatic carbocycles. The number of hydrogen-bond acceptors (Lipinski definition) is 10. The summed E-state index contributed by atoms with van der Waals surface area (Å²) in [4.78, 5) is 32.8. The monoisotopic (exact) mass is 480 g/mol. The summed E-state index contributed by atoms with van der Waals surface area (Å²) in [6.45, 7) is 1.41. The van der Waals surface area contributed by atoms with Gasteiger partial charge in [-0.1, -0.05) is 23.4 Å². The van der Waals surface area contributed by atoms with Crippen molar-refractivity contribution in [1.82, 2.24) is 30.0 Å². The summed E-state index contributed by atoms with van der Waals surface area (Å²) >= 11 is 0. The molecule has 0 unspecified atom stereocenters. The van der Waals surface area contributed by atoms with E-state index in [4.69, 9.17) is 15.0 Å². The molecule has 1 aliphatic heterocycles. The number of hydrogen-bond donors (Lipinski definition) is 1. The van der Waals surface area contributed by atoms with Crippen molar-refractivity contribution in [3.8, 4) is 11.6 Å². The molecule has 3 aliphatic rings. The third-order valence-electron chi connectivity index (χ3n) is 6.99. The van der Waals surface area contributed by atoms with Crippen LogP contribution in [0.25, 0.3) is 11.6 Å². The van der Waals surface area contributed by atoms with Gasteiger partial charge in [0.05, 0.1) is 13.2 Å². The molecular formula is C23H25FN8O3. The van der Waals surface area contributed by atoms with Crippen LogP contribution in [0.5, 0.6) is 0 Å². The number of ether oxygens (including phenoxy) is 1. The zero-order valence-electron chi connectivity index (χ0n) is 19.2. The number of nitrogens with two attached hydrogens (primary N) is 1. The molecule has 2 saturated carbocycles. The molecule has 35 heavy (non-hydrogen) atoms. The number of carbonyl (C=O) groups excluding carboxylic acids is 1. The maximum absolute atomic E-state index is 15.2. The van der Waals surface area contributed by atoms with Crippen LogP contribution in [0.3, 0.4) is 0 Å². The Kier molecular flexibility index (Phi) is 5.13. The number of piperidine rings is 1. The molecule has 1 amide bonds. The molecule has 12 heteroatoms. The number of benzene rings is 1. The van der Waals surface area contributed by atoms with E-state index in [9.17, 15) is 4.79 Å². The zero-order valence-corrected chi connectivity index (χ0v) is 19.2. The topological polar surface area (TPSA) is 136 Å². The van der Waals surface area contributed by atoms with Crippen LogP contribution < -0.4 is 10.6 Å². The molecule has 3 aromatic rings. The number of para-hydroxylation sites is 1. The fourth-order valence-electron chi connectivity index (χ4n) is 4.66. The molecule has 3 atom stereocenters. The van der Waals surface area contributed by atoms with Gasteiger partial charge in [0.2, 0.25) is 23.5 Å². The Morgan fingerprint density at radius 1 is 1.20 bits per heavy atom. The number of alkyl halides is 1. The van der Waals surface area contributed by atoms with Gasteiger partial charge in [0, 0.05) is 37.7 Å². The van der Waals surface area contributed by atoms with Gasteiger partial charge < -0.3 is 24.8 Å². The van der Waals surface area contributed by atoms with Crippen molar-refractivity contribution in [3.05, 3.63) is 36.2 Å². The quantitative estimate of drug-likeness (QED) is 0.510. The summed E-state index contributed by atoms with van der Waals surface area (Å²) in [6, 6.07) is 9.48. The van der Waals surface area contributed by atoms with Crippen LogP contribution in [0.2, 0.25) is 0 Å². The summed E-state index contributed by atoms with van der Waals surface area (Å²) in [6.07, 6.45) is 2.40. The van der Waals surface area contributed by atoms with Crippen LogP contribution in [0.15, 0.2) is 34.9 Å². The van der Waals surface area contributed by atoms with Gasteiger partial charge in [-0.2, -0.15) is 19.9 Å². The second-order valence-corrected chi connectivity index (χ2v) is 9.44. The predicted octanol–water partition coefficient (Wildman–Crippen LogP) is 2.11. The first-order valence-electron chi connectivity index (χ1n) is 11.6. The number of halogens is 1. The van der Waals surface area contributed by atoms with Crippen LogP contribution >= 0.6 is 0 Å². The van der Waals surface area contributed by atoms with Gasteiger partial charge >= 0.3 is 11.8 Å². The fourth-order valence-corrected chi connectivity index (χ4v) is 4.66. The lowest BCUT2D eigenvalue weighted by molar-refractivity contribution is 0.0615. The Morgan fingerprint density at radius 2 is 2.00 bits per heavy atom. The summed E-state index contributed by atoms with van der Waals surface area (Å²) in [7, 11) is 1.79. The average Bonchev–Trinajstić information content (AvgIpc) is 3.65. The van der Waals surface area contributed by atoms with E-state index >= 15 is 4.39 Å². The lowest BCUT2D eigenvalue weighted by Crippen LogP contribution is -2.35. The second-order valence-electron chi connectivity index (χ2n) is 9.44. The van der Waals surface area contributed by atoms with E-state index in [1.54, 1.807) is 11.9 Å². The largest absolute Gasteiger partial charge is 0.381 e. The average molecular weight is 481 g/mol. The van der Waals surface area contributed by atoms with Crippen LogP contribution in [-0.4, -0.2) is 74.9 Å². The highest BCUT2D eigenvalue weighted by atomic mass is 19.1. The summed E-state index contributed by atoms with van der Waals surface area (Å²) in [5, 5.41) is 3.84. The number of rotatable bonds is 8. The van der Waals surface area contributed by atoms with Crippen molar-refractivity contribution < 1.29 is 18.4 Å². The van der Waals surface area contributed by atoms with Crippen molar-refractivity contribution in [3.63, 3.8) is 0 Å². The fraction of sp³-hybridized carbons (Fsp3) is 0.478. The van der Waals surface area contributed by atoms with E-state index in [0.717, 1.165) is 5.69 Å². The molecule has 11 nitrogen and oxygen atoms in total. The number of aromatic nitrogens is 5. The van der Waals surface area contributed by atoms with Crippen molar-refractivity contribution in [1.29, 1.82) is 0 Å². The van der Waals surface area contributed by atoms with E-state index in [1.165, 1.54) is 17.7 Å². The Labute approximate surface area is 200 Å². The van der Waals surface area contributed by atoms with Gasteiger partial charge in [0.25, 0.3) is 0 Å². The molecule has 0 bridgehead atoms. The third kappa shape index (κ3) is 4.07. The molecular weight excluding hydrogens is 455 g/mol. The predicted molar refractivity (Wildman–Crippen MR) is 122 cm³/mol. The van der Waals surface area contributed by atoms with Crippen molar-refractivity contribution >= 4 is 23.5 Å². The molecule has 0 spiro atoms. The third-order valence-corrected chi connectivity index (χ3v) is 6.99. The lowest BCUT2D eigenvalue weighted by atomic mass is 10.2. The number of fused-ring (bicyclic) bond motifs is 1. The summed E-state index contributed by atoms with van der Waals surface area (Å²) in [5.41, 5.74) is 5.32. The number of nitrogen functional groups attached to an aromatic ring is 1. The first-order chi connectivity index (χ1) is 16.9. The molecule has 3 heterocycles. The Bertz CT molecular complexity index is 1250. The molecule has 1 aromatic carbocycles.